The van der Waals surface area contributed by atoms with Crippen molar-refractivity contribution in [2.75, 3.05) is 18.0 Å². The van der Waals surface area contributed by atoms with Gasteiger partial charge in [0.15, 0.2) is 0 Å². The number of benzene rings is 1. The fourth-order valence-corrected chi connectivity index (χ4v) is 2.63. The van der Waals surface area contributed by atoms with Gasteiger partial charge in [0.05, 0.1) is 5.69 Å². The van der Waals surface area contributed by atoms with E-state index in [-0.39, 0.29) is 0 Å². The minimum absolute atomic E-state index is 0.725. The predicted molar refractivity (Wildman–Crippen MR) is 65.6 cm³/mol. The number of hydrogen-bond donors (Lipinski definition) is 0. The summed E-state index contributed by atoms with van der Waals surface area (Å²) in [6, 6.07) is 5.79. The van der Waals surface area contributed by atoms with Gasteiger partial charge in [-0.25, -0.2) is 0 Å². The number of aldehydes is 1. The molecule has 0 saturated carbocycles. The normalized spacial score (nSPS) is 16.5. The summed E-state index contributed by atoms with van der Waals surface area (Å²) in [4.78, 5) is 13.0. The quantitative estimate of drug-likeness (QED) is 0.767. The van der Waals surface area contributed by atoms with Gasteiger partial charge in [0.2, 0.25) is 0 Å². The van der Waals surface area contributed by atoms with Crippen molar-refractivity contribution in [1.82, 2.24) is 0 Å². The highest BCUT2D eigenvalue weighted by Crippen LogP contribution is 2.29. The molecule has 2 rings (SSSR count). The van der Waals surface area contributed by atoms with E-state index in [9.17, 15) is 4.79 Å². The van der Waals surface area contributed by atoms with Crippen molar-refractivity contribution in [2.24, 2.45) is 0 Å². The number of rotatable bonds is 2. The fraction of sp³-hybridized carbons (Fsp3) is 0.417. The number of halogens is 1. The Kier molecular flexibility index (Phi) is 3.41. The van der Waals surface area contributed by atoms with E-state index in [1.54, 1.807) is 0 Å². The van der Waals surface area contributed by atoms with Crippen LogP contribution < -0.4 is 4.90 Å². The van der Waals surface area contributed by atoms with Gasteiger partial charge in [0, 0.05) is 23.1 Å². The Morgan fingerprint density at radius 2 is 1.93 bits per heavy atom. The van der Waals surface area contributed by atoms with Crippen molar-refractivity contribution >= 4 is 27.9 Å². The molecule has 15 heavy (non-hydrogen) atoms. The second-order valence-electron chi connectivity index (χ2n) is 3.88. The molecule has 0 amide bonds. The number of carbonyl (C=O) groups excluding carboxylic acids is 1. The topological polar surface area (TPSA) is 20.3 Å². The summed E-state index contributed by atoms with van der Waals surface area (Å²) < 4.78 is 1.02. The van der Waals surface area contributed by atoms with Crippen LogP contribution >= 0.6 is 15.9 Å². The molecule has 1 aromatic carbocycles. The van der Waals surface area contributed by atoms with E-state index in [1.807, 2.05) is 18.2 Å². The van der Waals surface area contributed by atoms with Crippen molar-refractivity contribution in [2.45, 2.75) is 19.3 Å². The zero-order valence-electron chi connectivity index (χ0n) is 8.58. The SMILES string of the molecule is O=Cc1ccc(N2CCCCC2)c(Br)c1. The standard InChI is InChI=1S/C12H14BrNO/c13-11-8-10(9-15)4-5-12(11)14-6-2-1-3-7-14/h4-5,8-9H,1-3,6-7H2. The van der Waals surface area contributed by atoms with Gasteiger partial charge in [0.1, 0.15) is 6.29 Å². The average molecular weight is 268 g/mol. The molecule has 2 nitrogen and oxygen atoms in total. The van der Waals surface area contributed by atoms with Crippen molar-refractivity contribution in [1.29, 1.82) is 0 Å². The first kappa shape index (κ1) is 10.7. The van der Waals surface area contributed by atoms with Crippen LogP contribution in [0.1, 0.15) is 29.6 Å². The summed E-state index contributed by atoms with van der Waals surface area (Å²) >= 11 is 3.52. The molecule has 1 heterocycles. The van der Waals surface area contributed by atoms with Crippen molar-refractivity contribution in [3.8, 4) is 0 Å². The smallest absolute Gasteiger partial charge is 0.150 e. The largest absolute Gasteiger partial charge is 0.371 e. The Labute approximate surface area is 98.4 Å². The zero-order valence-corrected chi connectivity index (χ0v) is 10.2. The lowest BCUT2D eigenvalue weighted by Gasteiger charge is -2.29. The van der Waals surface area contributed by atoms with Gasteiger partial charge in [-0.15, -0.1) is 0 Å². The average Bonchev–Trinajstić information content (AvgIpc) is 2.30. The summed E-state index contributed by atoms with van der Waals surface area (Å²) in [5.74, 6) is 0. The first-order valence-corrected chi connectivity index (χ1v) is 6.10. The third-order valence-corrected chi connectivity index (χ3v) is 3.44. The monoisotopic (exact) mass is 267 g/mol. The van der Waals surface area contributed by atoms with E-state index in [2.05, 4.69) is 20.8 Å². The maximum atomic E-state index is 10.6. The van der Waals surface area contributed by atoms with Crippen LogP contribution in [0.3, 0.4) is 0 Å². The molecule has 0 N–H and O–H groups in total. The van der Waals surface area contributed by atoms with Crippen molar-refractivity contribution < 1.29 is 4.79 Å². The second kappa shape index (κ2) is 4.79. The van der Waals surface area contributed by atoms with Crippen LogP contribution in [0.15, 0.2) is 22.7 Å². The number of anilines is 1. The van der Waals surface area contributed by atoms with Crippen LogP contribution in [0.2, 0.25) is 0 Å². The van der Waals surface area contributed by atoms with Crippen LogP contribution in [-0.2, 0) is 0 Å². The van der Waals surface area contributed by atoms with E-state index < -0.39 is 0 Å². The van der Waals surface area contributed by atoms with Crippen LogP contribution in [0.4, 0.5) is 5.69 Å². The molecule has 1 aliphatic heterocycles. The number of piperidine rings is 1. The van der Waals surface area contributed by atoms with Gasteiger partial charge >= 0.3 is 0 Å². The second-order valence-corrected chi connectivity index (χ2v) is 4.73. The van der Waals surface area contributed by atoms with Crippen molar-refractivity contribution in [3.63, 3.8) is 0 Å². The Morgan fingerprint density at radius 3 is 2.53 bits per heavy atom. The number of nitrogens with zero attached hydrogens (tertiary/aromatic N) is 1. The summed E-state index contributed by atoms with van der Waals surface area (Å²) in [7, 11) is 0. The Bertz CT molecular complexity index is 359. The van der Waals surface area contributed by atoms with E-state index in [0.717, 1.165) is 29.4 Å². The maximum absolute atomic E-state index is 10.6. The minimum atomic E-state index is 0.725. The highest BCUT2D eigenvalue weighted by atomic mass is 79.9. The highest BCUT2D eigenvalue weighted by Gasteiger charge is 2.13. The molecule has 0 atom stereocenters. The molecule has 1 aliphatic rings. The lowest BCUT2D eigenvalue weighted by molar-refractivity contribution is 0.112. The van der Waals surface area contributed by atoms with Gasteiger partial charge in [-0.05, 0) is 53.4 Å². The van der Waals surface area contributed by atoms with Gasteiger partial charge in [-0.3, -0.25) is 4.79 Å². The van der Waals surface area contributed by atoms with Crippen LogP contribution in [-0.4, -0.2) is 19.4 Å². The fourth-order valence-electron chi connectivity index (χ4n) is 1.99. The van der Waals surface area contributed by atoms with Gasteiger partial charge in [-0.2, -0.15) is 0 Å². The van der Waals surface area contributed by atoms with Gasteiger partial charge in [0.25, 0.3) is 0 Å². The molecule has 1 aromatic rings. The van der Waals surface area contributed by atoms with E-state index >= 15 is 0 Å². The molecule has 0 aromatic heterocycles. The lowest BCUT2D eigenvalue weighted by Crippen LogP contribution is -2.29. The third-order valence-electron chi connectivity index (χ3n) is 2.80. The van der Waals surface area contributed by atoms with Gasteiger partial charge in [-0.1, -0.05) is 0 Å². The predicted octanol–water partition coefficient (Wildman–Crippen LogP) is 3.25. The van der Waals surface area contributed by atoms with Crippen molar-refractivity contribution in [3.05, 3.63) is 28.2 Å². The molecule has 0 unspecified atom stereocenters. The van der Waals surface area contributed by atoms with Crippen LogP contribution in [0.25, 0.3) is 0 Å². The highest BCUT2D eigenvalue weighted by molar-refractivity contribution is 9.10. The molecule has 1 fully saturated rings. The zero-order chi connectivity index (χ0) is 10.7. The molecule has 1 saturated heterocycles. The van der Waals surface area contributed by atoms with Gasteiger partial charge < -0.3 is 4.90 Å². The molecule has 80 valence electrons. The molecular weight excluding hydrogens is 254 g/mol. The third kappa shape index (κ3) is 2.40. The first-order valence-electron chi connectivity index (χ1n) is 5.31. The number of carbonyl (C=O) groups is 1. The van der Waals surface area contributed by atoms with E-state index in [4.69, 9.17) is 0 Å². The molecule has 0 spiro atoms. The Morgan fingerprint density at radius 1 is 1.20 bits per heavy atom. The molecule has 0 bridgehead atoms. The molecule has 0 aliphatic carbocycles. The molecule has 0 radical (unpaired) electrons. The molecule has 3 heteroatoms. The maximum Gasteiger partial charge on any atom is 0.150 e. The van der Waals surface area contributed by atoms with Crippen LogP contribution in [0, 0.1) is 0 Å². The van der Waals surface area contributed by atoms with Crippen LogP contribution in [0.5, 0.6) is 0 Å². The summed E-state index contributed by atoms with van der Waals surface area (Å²) in [5.41, 5.74) is 1.93. The number of hydrogen-bond acceptors (Lipinski definition) is 2. The Hall–Kier alpha value is -0.830. The van der Waals surface area contributed by atoms with E-state index in [1.165, 1.54) is 24.9 Å². The lowest BCUT2D eigenvalue weighted by atomic mass is 10.1. The minimum Gasteiger partial charge on any atom is -0.371 e. The first-order chi connectivity index (χ1) is 7.31. The molecular formula is C12H14BrNO. The summed E-state index contributed by atoms with van der Waals surface area (Å²) in [5, 5.41) is 0. The Balaban J connectivity index is 2.23. The van der Waals surface area contributed by atoms with E-state index in [0.29, 0.717) is 0 Å². The summed E-state index contributed by atoms with van der Waals surface area (Å²) in [6.45, 7) is 2.25. The summed E-state index contributed by atoms with van der Waals surface area (Å²) in [6.07, 6.45) is 4.75.